The van der Waals surface area contributed by atoms with Gasteiger partial charge in [0.05, 0.1) is 6.04 Å². The fraction of sp³-hybridized carbons (Fsp3) is 0.267. The van der Waals surface area contributed by atoms with Gasteiger partial charge in [0.25, 0.3) is 10.0 Å². The minimum absolute atomic E-state index is 0.150. The van der Waals surface area contributed by atoms with Crippen molar-refractivity contribution in [2.45, 2.75) is 21.0 Å². The van der Waals surface area contributed by atoms with Gasteiger partial charge in [0.2, 0.25) is 3.79 Å². The van der Waals surface area contributed by atoms with Crippen LogP contribution in [0, 0.1) is 5.92 Å². The van der Waals surface area contributed by atoms with Gasteiger partial charge in [0, 0.05) is 5.92 Å². The minimum Gasteiger partial charge on any atom is -0.294 e. The molecule has 0 aliphatic rings. The van der Waals surface area contributed by atoms with E-state index in [-0.39, 0.29) is 4.21 Å². The molecule has 0 aliphatic carbocycles. The predicted octanol–water partition coefficient (Wildman–Crippen LogP) is 4.34. The van der Waals surface area contributed by atoms with Crippen molar-refractivity contribution in [1.29, 1.82) is 0 Å². The monoisotopic (exact) mass is 425 g/mol. The summed E-state index contributed by atoms with van der Waals surface area (Å²) in [6.07, 6.45) is 0. The first-order valence-electron chi connectivity index (χ1n) is 6.85. The Morgan fingerprint density at radius 1 is 1.12 bits per heavy atom. The van der Waals surface area contributed by atoms with E-state index in [0.29, 0.717) is 5.56 Å². The second-order valence-electron chi connectivity index (χ2n) is 5.09. The second kappa shape index (κ2) is 7.72. The van der Waals surface area contributed by atoms with Gasteiger partial charge in [0.15, 0.2) is 5.78 Å². The maximum absolute atomic E-state index is 12.5. The molecule has 9 heteroatoms. The fourth-order valence-corrected chi connectivity index (χ4v) is 5.00. The van der Waals surface area contributed by atoms with Crippen LogP contribution in [0.25, 0.3) is 0 Å². The van der Waals surface area contributed by atoms with Crippen LogP contribution < -0.4 is 4.72 Å². The van der Waals surface area contributed by atoms with Crippen molar-refractivity contribution >= 4 is 61.9 Å². The van der Waals surface area contributed by atoms with Gasteiger partial charge in [-0.3, -0.25) is 4.79 Å². The van der Waals surface area contributed by atoms with E-state index in [1.165, 1.54) is 13.0 Å². The first-order valence-corrected chi connectivity index (χ1v) is 10.3. The molecule has 4 nitrogen and oxygen atoms in total. The van der Waals surface area contributed by atoms with E-state index in [9.17, 15) is 13.2 Å². The van der Waals surface area contributed by atoms with Gasteiger partial charge in [0.1, 0.15) is 4.21 Å². The van der Waals surface area contributed by atoms with Crippen molar-refractivity contribution in [3.05, 3.63) is 53.4 Å². The molecule has 0 saturated carbocycles. The number of rotatable bonds is 6. The van der Waals surface area contributed by atoms with Crippen LogP contribution in [0.5, 0.6) is 0 Å². The van der Waals surface area contributed by atoms with Crippen LogP contribution in [0.1, 0.15) is 18.5 Å². The average Bonchev–Trinajstić information content (AvgIpc) is 3.06. The summed E-state index contributed by atoms with van der Waals surface area (Å²) in [6.45, 7) is 1.53. The van der Waals surface area contributed by atoms with Gasteiger partial charge in [-0.15, -0.1) is 11.3 Å². The van der Waals surface area contributed by atoms with Crippen LogP contribution in [0.3, 0.4) is 0 Å². The van der Waals surface area contributed by atoms with Crippen molar-refractivity contribution in [1.82, 2.24) is 4.72 Å². The van der Waals surface area contributed by atoms with Gasteiger partial charge in [-0.1, -0.05) is 78.1 Å². The Hall–Kier alpha value is -0.630. The number of hydrogen-bond donors (Lipinski definition) is 1. The summed E-state index contributed by atoms with van der Waals surface area (Å²) >= 11 is 18.1. The first kappa shape index (κ1) is 19.7. The lowest BCUT2D eigenvalue weighted by atomic mass is 9.92. The zero-order valence-corrected chi connectivity index (χ0v) is 16.3. The second-order valence-corrected chi connectivity index (χ2v) is 10.3. The number of alkyl halides is 3. The fourth-order valence-electron chi connectivity index (χ4n) is 2.17. The molecule has 2 rings (SSSR count). The summed E-state index contributed by atoms with van der Waals surface area (Å²) in [6, 6.07) is 11.0. The van der Waals surface area contributed by atoms with Crippen LogP contribution in [0.15, 0.2) is 52.1 Å². The first-order chi connectivity index (χ1) is 11.1. The summed E-state index contributed by atoms with van der Waals surface area (Å²) in [4.78, 5) is 12.3. The molecule has 2 atom stereocenters. The third kappa shape index (κ3) is 4.71. The summed E-state index contributed by atoms with van der Waals surface area (Å²) in [5, 5.41) is 1.65. The van der Waals surface area contributed by atoms with Crippen LogP contribution in [0.2, 0.25) is 0 Å². The minimum atomic E-state index is -3.80. The molecule has 0 amide bonds. The van der Waals surface area contributed by atoms with Crippen molar-refractivity contribution < 1.29 is 13.2 Å². The number of benzene rings is 1. The lowest BCUT2D eigenvalue weighted by Gasteiger charge is -2.26. The molecule has 0 aliphatic heterocycles. The quantitative estimate of drug-likeness (QED) is 0.699. The summed E-state index contributed by atoms with van der Waals surface area (Å²) in [7, 11) is -3.80. The molecule has 0 saturated heterocycles. The van der Waals surface area contributed by atoms with E-state index >= 15 is 0 Å². The third-order valence-electron chi connectivity index (χ3n) is 3.39. The predicted molar refractivity (Wildman–Crippen MR) is 98.3 cm³/mol. The Balaban J connectivity index is 2.40. The number of Topliss-reactive ketones (excluding diaryl/α,β-unsaturated/α-hetero) is 1. The van der Waals surface area contributed by atoms with Crippen molar-refractivity contribution in [3.8, 4) is 0 Å². The highest BCUT2D eigenvalue weighted by Crippen LogP contribution is 2.35. The van der Waals surface area contributed by atoms with Crippen molar-refractivity contribution in [2.75, 3.05) is 0 Å². The Labute approximate surface area is 159 Å². The highest BCUT2D eigenvalue weighted by molar-refractivity contribution is 7.91. The Morgan fingerprint density at radius 3 is 2.25 bits per heavy atom. The molecule has 24 heavy (non-hydrogen) atoms. The molecule has 0 spiro atoms. The van der Waals surface area contributed by atoms with E-state index < -0.39 is 31.6 Å². The highest BCUT2D eigenvalue weighted by atomic mass is 35.6. The number of hydrogen-bond acceptors (Lipinski definition) is 4. The van der Waals surface area contributed by atoms with Gasteiger partial charge < -0.3 is 0 Å². The molecule has 0 radical (unpaired) electrons. The Bertz CT molecular complexity index is 787. The number of thiophene rings is 1. The molecule has 2 aromatic rings. The van der Waals surface area contributed by atoms with E-state index in [0.717, 1.165) is 11.3 Å². The van der Waals surface area contributed by atoms with Crippen LogP contribution >= 0.6 is 46.1 Å². The lowest BCUT2D eigenvalue weighted by Crippen LogP contribution is -2.39. The zero-order chi connectivity index (χ0) is 18.0. The summed E-state index contributed by atoms with van der Waals surface area (Å²) in [5.41, 5.74) is 0.604. The third-order valence-corrected chi connectivity index (χ3v) is 6.79. The molecule has 1 heterocycles. The maximum atomic E-state index is 12.5. The number of carbonyl (C=O) groups excluding carboxylic acids is 1. The largest absolute Gasteiger partial charge is 0.294 e. The average molecular weight is 427 g/mol. The molecule has 1 aromatic heterocycles. The molecular weight excluding hydrogens is 413 g/mol. The standard InChI is InChI=1S/C15H14Cl3NO3S2/c1-10(14(20)15(16,17)18)13(11-6-3-2-4-7-11)19-24(21,22)12-8-5-9-23-12/h2-10,13,19H,1H3/t10-,13-/m0/s1. The Kier molecular flexibility index (Phi) is 6.34. The molecule has 0 fully saturated rings. The molecule has 0 unspecified atom stereocenters. The van der Waals surface area contributed by atoms with Gasteiger partial charge in [-0.25, -0.2) is 13.1 Å². The van der Waals surface area contributed by atoms with Gasteiger partial charge >= 0.3 is 0 Å². The van der Waals surface area contributed by atoms with Crippen LogP contribution in [0.4, 0.5) is 0 Å². The van der Waals surface area contributed by atoms with Crippen molar-refractivity contribution in [2.24, 2.45) is 5.92 Å². The maximum Gasteiger partial charge on any atom is 0.250 e. The number of carbonyl (C=O) groups is 1. The summed E-state index contributed by atoms with van der Waals surface area (Å²) < 4.78 is 25.7. The number of ketones is 1. The SMILES string of the molecule is C[C@H](C(=O)C(Cl)(Cl)Cl)[C@H](NS(=O)(=O)c1cccs1)c1ccccc1. The molecular formula is C15H14Cl3NO3S2. The van der Waals surface area contributed by atoms with Crippen LogP contribution in [-0.2, 0) is 14.8 Å². The topological polar surface area (TPSA) is 63.2 Å². The molecule has 0 bridgehead atoms. The van der Waals surface area contributed by atoms with Gasteiger partial charge in [-0.05, 0) is 17.0 Å². The van der Waals surface area contributed by atoms with E-state index in [1.807, 2.05) is 0 Å². The summed E-state index contributed by atoms with van der Waals surface area (Å²) in [5.74, 6) is -1.56. The van der Waals surface area contributed by atoms with E-state index in [4.69, 9.17) is 34.8 Å². The van der Waals surface area contributed by atoms with Gasteiger partial charge in [-0.2, -0.15) is 0 Å². The lowest BCUT2D eigenvalue weighted by molar-refractivity contribution is -0.122. The number of sulfonamides is 1. The molecule has 130 valence electrons. The number of nitrogens with one attached hydrogen (secondary N) is 1. The highest BCUT2D eigenvalue weighted by Gasteiger charge is 2.40. The zero-order valence-electron chi connectivity index (χ0n) is 12.4. The van der Waals surface area contributed by atoms with Crippen molar-refractivity contribution in [3.63, 3.8) is 0 Å². The normalized spacial score (nSPS) is 15.0. The number of halogens is 3. The molecule has 1 aromatic carbocycles. The van der Waals surface area contributed by atoms with E-state index in [2.05, 4.69) is 4.72 Å². The molecule has 1 N–H and O–H groups in total. The Morgan fingerprint density at radius 2 is 1.75 bits per heavy atom. The smallest absolute Gasteiger partial charge is 0.250 e. The van der Waals surface area contributed by atoms with E-state index in [1.54, 1.807) is 41.8 Å². The van der Waals surface area contributed by atoms with Crippen LogP contribution in [-0.4, -0.2) is 18.0 Å².